The van der Waals surface area contributed by atoms with Gasteiger partial charge in [-0.3, -0.25) is 0 Å². The van der Waals surface area contributed by atoms with Crippen LogP contribution in [0.3, 0.4) is 0 Å². The largest absolute Gasteiger partial charge is 0.598 e. The molecule has 0 fully saturated rings. The standard InChI is InChI=1S/C37H51N5O4SSi/c1-10-19-37(43,41-47(44)35(2,3)4)33-15-12-14-31(40-33)27-22-29(26-17-20-45-21-18-26)30-24-38-42(32(30)23-27)34-16-11-13-28(39-34)25-46-48(8,9)36(5,6)7/h11-17,22-24,41,43H,10,18-21,25H2,1-9H3. The van der Waals surface area contributed by atoms with Crippen molar-refractivity contribution in [3.63, 3.8) is 0 Å². The van der Waals surface area contributed by atoms with Gasteiger partial charge >= 0.3 is 0 Å². The Morgan fingerprint density at radius 3 is 2.48 bits per heavy atom. The van der Waals surface area contributed by atoms with Crippen LogP contribution in [0.5, 0.6) is 0 Å². The van der Waals surface area contributed by atoms with Crippen molar-refractivity contribution < 1.29 is 18.8 Å². The quantitative estimate of drug-likeness (QED) is 0.0931. The number of ether oxygens (including phenoxy) is 1. The Kier molecular flexibility index (Phi) is 10.7. The molecule has 4 aromatic rings. The zero-order valence-electron chi connectivity index (χ0n) is 29.9. The summed E-state index contributed by atoms with van der Waals surface area (Å²) >= 11 is -1.50. The molecule has 0 aliphatic carbocycles. The number of hydrogen-bond acceptors (Lipinski definition) is 8. The summed E-state index contributed by atoms with van der Waals surface area (Å²) in [4.78, 5) is 9.97. The minimum Gasteiger partial charge on any atom is -0.598 e. The van der Waals surface area contributed by atoms with E-state index in [0.29, 0.717) is 49.9 Å². The molecule has 258 valence electrons. The van der Waals surface area contributed by atoms with Crippen LogP contribution in [0.2, 0.25) is 18.1 Å². The monoisotopic (exact) mass is 689 g/mol. The molecule has 3 aromatic heterocycles. The van der Waals surface area contributed by atoms with E-state index in [2.05, 4.69) is 56.8 Å². The van der Waals surface area contributed by atoms with Gasteiger partial charge in [-0.05, 0) is 99.3 Å². The summed E-state index contributed by atoms with van der Waals surface area (Å²) in [5.41, 5.74) is 4.45. The molecule has 0 saturated carbocycles. The third kappa shape index (κ3) is 7.94. The van der Waals surface area contributed by atoms with Gasteiger partial charge in [-0.15, -0.1) is 4.72 Å². The van der Waals surface area contributed by atoms with Gasteiger partial charge in [0.15, 0.2) is 19.9 Å². The topological polar surface area (TPSA) is 117 Å². The van der Waals surface area contributed by atoms with Crippen molar-refractivity contribution in [2.45, 2.75) is 103 Å². The Balaban J connectivity index is 1.59. The van der Waals surface area contributed by atoms with Gasteiger partial charge in [0.1, 0.15) is 4.75 Å². The van der Waals surface area contributed by atoms with Gasteiger partial charge in [-0.2, -0.15) is 5.10 Å². The maximum Gasteiger partial charge on any atom is 0.200 e. The number of nitrogens with one attached hydrogen (secondary N) is 1. The van der Waals surface area contributed by atoms with Crippen LogP contribution in [0.1, 0.15) is 84.7 Å². The van der Waals surface area contributed by atoms with Crippen molar-refractivity contribution in [3.05, 3.63) is 77.8 Å². The zero-order valence-corrected chi connectivity index (χ0v) is 31.7. The minimum absolute atomic E-state index is 0.103. The van der Waals surface area contributed by atoms with Crippen molar-refractivity contribution in [1.29, 1.82) is 0 Å². The molecule has 0 amide bonds. The number of aromatic nitrogens is 4. The lowest BCUT2D eigenvalue weighted by Crippen LogP contribution is -2.51. The first kappa shape index (κ1) is 36.4. The van der Waals surface area contributed by atoms with Crippen LogP contribution in [-0.2, 0) is 32.9 Å². The molecule has 1 aliphatic heterocycles. The molecule has 9 nitrogen and oxygen atoms in total. The summed E-state index contributed by atoms with van der Waals surface area (Å²) in [6.07, 6.45) is 5.85. The smallest absolute Gasteiger partial charge is 0.200 e. The average molecular weight is 690 g/mol. The average Bonchev–Trinajstić information content (AvgIpc) is 3.47. The molecule has 0 radical (unpaired) electrons. The second kappa shape index (κ2) is 14.1. The van der Waals surface area contributed by atoms with Crippen molar-refractivity contribution in [1.82, 2.24) is 24.5 Å². The summed E-state index contributed by atoms with van der Waals surface area (Å²) in [5, 5.41) is 17.8. The highest BCUT2D eigenvalue weighted by molar-refractivity contribution is 7.90. The van der Waals surface area contributed by atoms with E-state index in [1.165, 1.54) is 5.57 Å². The Hall–Kier alpha value is -2.90. The Labute approximate surface area is 289 Å². The van der Waals surface area contributed by atoms with E-state index in [1.54, 1.807) is 6.07 Å². The summed E-state index contributed by atoms with van der Waals surface area (Å²) in [6, 6.07) is 15.8. The Bertz CT molecular complexity index is 1780. The molecule has 2 unspecified atom stereocenters. The van der Waals surface area contributed by atoms with Crippen LogP contribution in [0.25, 0.3) is 33.6 Å². The van der Waals surface area contributed by atoms with Gasteiger partial charge in [-0.1, -0.05) is 52.3 Å². The van der Waals surface area contributed by atoms with Gasteiger partial charge in [0.05, 0.1) is 48.6 Å². The van der Waals surface area contributed by atoms with E-state index < -0.39 is 30.2 Å². The van der Waals surface area contributed by atoms with Crippen LogP contribution in [0.4, 0.5) is 0 Å². The van der Waals surface area contributed by atoms with E-state index in [4.69, 9.17) is 24.2 Å². The van der Waals surface area contributed by atoms with Crippen molar-refractivity contribution in [2.75, 3.05) is 13.2 Å². The van der Waals surface area contributed by atoms with Gasteiger partial charge in [-0.25, -0.2) is 14.6 Å². The molecule has 2 atom stereocenters. The summed E-state index contributed by atoms with van der Waals surface area (Å²) in [5.74, 6) is 0.707. The van der Waals surface area contributed by atoms with Crippen molar-refractivity contribution in [3.8, 4) is 17.1 Å². The fourth-order valence-electron chi connectivity index (χ4n) is 5.36. The highest BCUT2D eigenvalue weighted by Gasteiger charge is 2.40. The number of aliphatic hydroxyl groups is 1. The predicted octanol–water partition coefficient (Wildman–Crippen LogP) is 7.81. The highest BCUT2D eigenvalue weighted by Crippen LogP contribution is 2.38. The molecule has 0 saturated heterocycles. The van der Waals surface area contributed by atoms with E-state index in [0.717, 1.165) is 34.1 Å². The van der Waals surface area contributed by atoms with Crippen LogP contribution in [0, 0.1) is 0 Å². The molecule has 1 aliphatic rings. The number of benzene rings is 1. The van der Waals surface area contributed by atoms with E-state index in [1.807, 2.05) is 68.9 Å². The number of hydrogen-bond donors (Lipinski definition) is 2. The van der Waals surface area contributed by atoms with Crippen LogP contribution in [-0.4, -0.2) is 55.7 Å². The molecule has 1 aromatic carbocycles. The molecule has 11 heteroatoms. The van der Waals surface area contributed by atoms with Gasteiger partial charge in [0, 0.05) is 22.3 Å². The fourth-order valence-corrected chi connectivity index (χ4v) is 7.12. The maximum atomic E-state index is 13.1. The molecule has 48 heavy (non-hydrogen) atoms. The number of nitrogens with zero attached hydrogens (tertiary/aromatic N) is 4. The van der Waals surface area contributed by atoms with Gasteiger partial charge in [0.2, 0.25) is 0 Å². The van der Waals surface area contributed by atoms with E-state index in [9.17, 15) is 9.66 Å². The minimum atomic E-state index is -1.95. The lowest BCUT2D eigenvalue weighted by Gasteiger charge is -2.36. The lowest BCUT2D eigenvalue weighted by atomic mass is 9.94. The molecule has 5 rings (SSSR count). The van der Waals surface area contributed by atoms with Crippen LogP contribution in [0.15, 0.2) is 60.8 Å². The van der Waals surface area contributed by atoms with E-state index >= 15 is 0 Å². The normalized spacial score (nSPS) is 16.5. The number of rotatable bonds is 11. The van der Waals surface area contributed by atoms with Crippen molar-refractivity contribution in [2.24, 2.45) is 0 Å². The first-order chi connectivity index (χ1) is 22.5. The van der Waals surface area contributed by atoms with Gasteiger partial charge in [0.25, 0.3) is 0 Å². The second-order valence-corrected chi connectivity index (χ2v) is 21.9. The lowest BCUT2D eigenvalue weighted by molar-refractivity contribution is 0.0101. The molecule has 0 bridgehead atoms. The zero-order chi connectivity index (χ0) is 34.9. The maximum absolute atomic E-state index is 13.1. The SMILES string of the molecule is CCCC(O)(N[S+]([O-])C(C)(C)C)c1cccc(-c2cc(C3=CCOCC3)c3cnn(-c4cccc(CO[Si](C)(C)C(C)(C)C)n4)c3c2)n1. The number of pyridine rings is 2. The summed E-state index contributed by atoms with van der Waals surface area (Å²) in [7, 11) is -1.95. The van der Waals surface area contributed by atoms with Crippen molar-refractivity contribution >= 4 is 36.2 Å². The Morgan fingerprint density at radius 2 is 1.81 bits per heavy atom. The predicted molar refractivity (Wildman–Crippen MR) is 197 cm³/mol. The molecular formula is C37H51N5O4SSi. The molecule has 0 spiro atoms. The molecule has 4 heterocycles. The second-order valence-electron chi connectivity index (χ2n) is 15.1. The number of fused-ring (bicyclic) bond motifs is 1. The fraction of sp³-hybridized carbons (Fsp3) is 0.486. The van der Waals surface area contributed by atoms with E-state index in [-0.39, 0.29) is 5.04 Å². The first-order valence-corrected chi connectivity index (χ1v) is 20.9. The summed E-state index contributed by atoms with van der Waals surface area (Å²) in [6.45, 7) is 20.5. The molecule has 2 N–H and O–H groups in total. The highest BCUT2D eigenvalue weighted by atomic mass is 32.2. The van der Waals surface area contributed by atoms with Crippen LogP contribution < -0.4 is 4.72 Å². The first-order valence-electron chi connectivity index (χ1n) is 16.8. The summed E-state index contributed by atoms with van der Waals surface area (Å²) < 4.78 is 29.6. The third-order valence-corrected chi connectivity index (χ3v) is 15.4. The Morgan fingerprint density at radius 1 is 1.06 bits per heavy atom. The molecular weight excluding hydrogens is 639 g/mol. The van der Waals surface area contributed by atoms with Gasteiger partial charge < -0.3 is 18.8 Å². The van der Waals surface area contributed by atoms with Crippen LogP contribution >= 0.6 is 0 Å². The third-order valence-electron chi connectivity index (χ3n) is 9.29.